The summed E-state index contributed by atoms with van der Waals surface area (Å²) in [5.41, 5.74) is 0. The van der Waals surface area contributed by atoms with Gasteiger partial charge in [0.15, 0.2) is 0 Å². The van der Waals surface area contributed by atoms with Crippen LogP contribution in [0.1, 0.15) is 32.1 Å². The van der Waals surface area contributed by atoms with E-state index < -0.39 is 0 Å². The third-order valence-electron chi connectivity index (χ3n) is 4.42. The van der Waals surface area contributed by atoms with Crippen molar-refractivity contribution in [1.29, 1.82) is 0 Å². The third-order valence-corrected chi connectivity index (χ3v) is 4.42. The number of likely N-dealkylation sites (tertiary alicyclic amines) is 1. The predicted octanol–water partition coefficient (Wildman–Crippen LogP) is 2.62. The Kier molecular flexibility index (Phi) is 6.52. The minimum Gasteiger partial charge on any atom is -0.490 e. The monoisotopic (exact) mass is 324 g/mol. The van der Waals surface area contributed by atoms with E-state index in [-0.39, 0.29) is 18.5 Å². The molecule has 5 heteroatoms. The highest BCUT2D eigenvalue weighted by atomic mass is 35.5. The van der Waals surface area contributed by atoms with Gasteiger partial charge < -0.3 is 15.0 Å². The molecule has 1 atom stereocenters. The molecule has 0 radical (unpaired) electrons. The molecule has 1 aromatic carbocycles. The second-order valence-electron chi connectivity index (χ2n) is 6.01. The summed E-state index contributed by atoms with van der Waals surface area (Å²) in [6.45, 7) is 2.71. The van der Waals surface area contributed by atoms with Gasteiger partial charge in [-0.1, -0.05) is 18.2 Å². The van der Waals surface area contributed by atoms with E-state index in [0.717, 1.165) is 44.6 Å². The summed E-state index contributed by atoms with van der Waals surface area (Å²) in [6.07, 6.45) is 5.09. The Bertz CT molecular complexity index is 455. The fourth-order valence-corrected chi connectivity index (χ4v) is 3.19. The third kappa shape index (κ3) is 4.62. The summed E-state index contributed by atoms with van der Waals surface area (Å²) in [6, 6.07) is 10.3. The molecule has 1 unspecified atom stereocenters. The second-order valence-corrected chi connectivity index (χ2v) is 6.01. The van der Waals surface area contributed by atoms with E-state index in [2.05, 4.69) is 5.32 Å². The van der Waals surface area contributed by atoms with Crippen LogP contribution in [0.3, 0.4) is 0 Å². The Morgan fingerprint density at radius 1 is 1.18 bits per heavy atom. The number of para-hydroxylation sites is 1. The average molecular weight is 325 g/mol. The highest BCUT2D eigenvalue weighted by Gasteiger charge is 2.26. The number of ether oxygens (including phenoxy) is 1. The molecule has 2 saturated heterocycles. The summed E-state index contributed by atoms with van der Waals surface area (Å²) in [4.78, 5) is 14.3. The molecule has 2 heterocycles. The molecule has 0 aliphatic carbocycles. The zero-order valence-electron chi connectivity index (χ0n) is 12.9. The lowest BCUT2D eigenvalue weighted by Crippen LogP contribution is -2.43. The first-order valence-corrected chi connectivity index (χ1v) is 8.04. The quantitative estimate of drug-likeness (QED) is 0.925. The number of nitrogens with zero attached hydrogens (tertiary/aromatic N) is 1. The molecule has 0 bridgehead atoms. The molecule has 1 aromatic rings. The average Bonchev–Trinajstić information content (AvgIpc) is 3.02. The number of piperidine rings is 1. The van der Waals surface area contributed by atoms with Crippen LogP contribution in [0.2, 0.25) is 0 Å². The van der Waals surface area contributed by atoms with E-state index in [1.54, 1.807) is 0 Å². The zero-order chi connectivity index (χ0) is 14.5. The van der Waals surface area contributed by atoms with Gasteiger partial charge in [-0.05, 0) is 31.5 Å². The number of rotatable bonds is 4. The van der Waals surface area contributed by atoms with Crippen LogP contribution in [0.5, 0.6) is 5.75 Å². The molecular weight excluding hydrogens is 300 g/mol. The van der Waals surface area contributed by atoms with Gasteiger partial charge in [0.05, 0.1) is 0 Å². The highest BCUT2D eigenvalue weighted by Crippen LogP contribution is 2.20. The van der Waals surface area contributed by atoms with Crippen molar-refractivity contribution >= 4 is 18.3 Å². The molecule has 22 heavy (non-hydrogen) atoms. The van der Waals surface area contributed by atoms with Crippen molar-refractivity contribution in [2.45, 2.75) is 44.2 Å². The predicted molar refractivity (Wildman–Crippen MR) is 89.6 cm³/mol. The summed E-state index contributed by atoms with van der Waals surface area (Å²) >= 11 is 0. The number of nitrogens with one attached hydrogen (secondary N) is 1. The fourth-order valence-electron chi connectivity index (χ4n) is 3.19. The summed E-state index contributed by atoms with van der Waals surface area (Å²) in [7, 11) is 0. The number of amides is 1. The molecule has 122 valence electrons. The van der Waals surface area contributed by atoms with Crippen LogP contribution < -0.4 is 10.1 Å². The van der Waals surface area contributed by atoms with Gasteiger partial charge in [0, 0.05) is 38.4 Å². The molecule has 0 saturated carbocycles. The number of benzene rings is 1. The van der Waals surface area contributed by atoms with Gasteiger partial charge in [0.25, 0.3) is 0 Å². The molecule has 1 N–H and O–H groups in total. The van der Waals surface area contributed by atoms with E-state index in [9.17, 15) is 4.79 Å². The van der Waals surface area contributed by atoms with E-state index >= 15 is 0 Å². The van der Waals surface area contributed by atoms with E-state index in [0.29, 0.717) is 18.4 Å². The summed E-state index contributed by atoms with van der Waals surface area (Å²) < 4.78 is 5.97. The van der Waals surface area contributed by atoms with Gasteiger partial charge >= 0.3 is 0 Å². The highest BCUT2D eigenvalue weighted by molar-refractivity contribution is 5.85. The molecule has 2 aliphatic rings. The molecular formula is C17H25ClN2O2. The van der Waals surface area contributed by atoms with Gasteiger partial charge in [-0.2, -0.15) is 0 Å². The van der Waals surface area contributed by atoms with Crippen molar-refractivity contribution in [3.05, 3.63) is 30.3 Å². The maximum absolute atomic E-state index is 12.3. The first-order valence-electron chi connectivity index (χ1n) is 8.04. The lowest BCUT2D eigenvalue weighted by molar-refractivity contribution is -0.133. The van der Waals surface area contributed by atoms with Crippen molar-refractivity contribution in [3.8, 4) is 5.75 Å². The van der Waals surface area contributed by atoms with Crippen LogP contribution in [0.25, 0.3) is 0 Å². The molecule has 1 amide bonds. The maximum atomic E-state index is 12.3. The molecule has 2 aliphatic heterocycles. The summed E-state index contributed by atoms with van der Waals surface area (Å²) in [5.74, 6) is 1.23. The van der Waals surface area contributed by atoms with Crippen molar-refractivity contribution in [2.75, 3.05) is 19.6 Å². The minimum atomic E-state index is 0. The number of halogens is 1. The van der Waals surface area contributed by atoms with E-state index in [4.69, 9.17) is 4.74 Å². The van der Waals surface area contributed by atoms with E-state index in [1.807, 2.05) is 35.2 Å². The molecule has 4 nitrogen and oxygen atoms in total. The van der Waals surface area contributed by atoms with Gasteiger partial charge in [0.1, 0.15) is 11.9 Å². The Hall–Kier alpha value is -1.26. The van der Waals surface area contributed by atoms with Crippen LogP contribution in [-0.4, -0.2) is 42.6 Å². The maximum Gasteiger partial charge on any atom is 0.224 e. The largest absolute Gasteiger partial charge is 0.490 e. The Morgan fingerprint density at radius 2 is 1.91 bits per heavy atom. The van der Waals surface area contributed by atoms with Gasteiger partial charge in [-0.3, -0.25) is 4.79 Å². The Labute approximate surface area is 138 Å². The Balaban J connectivity index is 0.00000176. The van der Waals surface area contributed by atoms with Crippen molar-refractivity contribution in [1.82, 2.24) is 10.2 Å². The topological polar surface area (TPSA) is 41.6 Å². The van der Waals surface area contributed by atoms with Crippen molar-refractivity contribution < 1.29 is 9.53 Å². The fraction of sp³-hybridized carbons (Fsp3) is 0.588. The molecule has 3 rings (SSSR count). The number of carbonyl (C=O) groups excluding carboxylic acids is 1. The SMILES string of the molecule is Cl.O=C(CC1CCCN1)N1CCC(Oc2ccccc2)CC1. The van der Waals surface area contributed by atoms with Gasteiger partial charge in [0.2, 0.25) is 5.91 Å². The molecule has 0 aromatic heterocycles. The zero-order valence-corrected chi connectivity index (χ0v) is 13.7. The Morgan fingerprint density at radius 3 is 2.55 bits per heavy atom. The molecule has 2 fully saturated rings. The van der Waals surface area contributed by atoms with Gasteiger partial charge in [-0.25, -0.2) is 0 Å². The smallest absolute Gasteiger partial charge is 0.224 e. The number of hydrogen-bond acceptors (Lipinski definition) is 3. The van der Waals surface area contributed by atoms with Crippen molar-refractivity contribution in [3.63, 3.8) is 0 Å². The lowest BCUT2D eigenvalue weighted by Gasteiger charge is -2.32. The minimum absolute atomic E-state index is 0. The summed E-state index contributed by atoms with van der Waals surface area (Å²) in [5, 5.41) is 3.40. The van der Waals surface area contributed by atoms with Crippen molar-refractivity contribution in [2.24, 2.45) is 0 Å². The normalized spacial score (nSPS) is 22.2. The van der Waals surface area contributed by atoms with Crippen LogP contribution in [0.4, 0.5) is 0 Å². The first kappa shape index (κ1) is 17.1. The van der Waals surface area contributed by atoms with Crippen LogP contribution >= 0.6 is 12.4 Å². The first-order chi connectivity index (χ1) is 10.3. The van der Waals surface area contributed by atoms with Crippen LogP contribution in [-0.2, 0) is 4.79 Å². The van der Waals surface area contributed by atoms with E-state index in [1.165, 1.54) is 6.42 Å². The van der Waals surface area contributed by atoms with Gasteiger partial charge in [-0.15, -0.1) is 12.4 Å². The molecule has 0 spiro atoms. The van der Waals surface area contributed by atoms with Crippen LogP contribution in [0, 0.1) is 0 Å². The van der Waals surface area contributed by atoms with Crippen LogP contribution in [0.15, 0.2) is 30.3 Å². The number of hydrogen-bond donors (Lipinski definition) is 1. The second kappa shape index (κ2) is 8.39. The lowest BCUT2D eigenvalue weighted by atomic mass is 10.1. The standard InChI is InChI=1S/C17H24N2O2.ClH/c20-17(13-14-5-4-10-18-14)19-11-8-16(9-12-19)21-15-6-2-1-3-7-15;/h1-3,6-7,14,16,18H,4-5,8-13H2;1H. The number of carbonyl (C=O) groups is 1.